The van der Waals surface area contributed by atoms with Gasteiger partial charge in [-0.25, -0.2) is 0 Å². The Bertz CT molecular complexity index is 421. The number of benzene rings is 1. The summed E-state index contributed by atoms with van der Waals surface area (Å²) in [5, 5.41) is 2.96. The van der Waals surface area contributed by atoms with E-state index in [4.69, 9.17) is 15.2 Å². The molecule has 0 saturated heterocycles. The number of nitrogens with one attached hydrogen (secondary N) is 1. The highest BCUT2D eigenvalue weighted by atomic mass is 16.5. The van der Waals surface area contributed by atoms with E-state index in [1.54, 1.807) is 32.4 Å². The molecule has 0 aliphatic heterocycles. The Morgan fingerprint density at radius 3 is 2.53 bits per heavy atom. The van der Waals surface area contributed by atoms with Crippen LogP contribution in [0.1, 0.15) is 30.1 Å². The van der Waals surface area contributed by atoms with Crippen LogP contribution in [-0.2, 0) is 0 Å². The molecule has 1 aromatic rings. The Labute approximate surface area is 114 Å². The highest BCUT2D eigenvalue weighted by Gasteiger charge is 2.14. The molecule has 1 rings (SSSR count). The molecule has 0 aliphatic rings. The van der Waals surface area contributed by atoms with E-state index in [0.717, 1.165) is 12.8 Å². The predicted molar refractivity (Wildman–Crippen MR) is 74.8 cm³/mol. The number of hydrogen-bond acceptors (Lipinski definition) is 4. The summed E-state index contributed by atoms with van der Waals surface area (Å²) in [4.78, 5) is 12.1. The fourth-order valence-corrected chi connectivity index (χ4v) is 1.83. The van der Waals surface area contributed by atoms with E-state index in [1.807, 2.05) is 6.92 Å². The molecule has 0 spiro atoms. The maximum absolute atomic E-state index is 12.1. The fraction of sp³-hybridized carbons (Fsp3) is 0.500. The Hall–Kier alpha value is -1.75. The minimum absolute atomic E-state index is 0.102. The molecule has 0 aromatic heterocycles. The number of rotatable bonds is 7. The summed E-state index contributed by atoms with van der Waals surface area (Å²) in [6, 6.07) is 5.21. The summed E-state index contributed by atoms with van der Waals surface area (Å²) in [7, 11) is 3.11. The highest BCUT2D eigenvalue weighted by molar-refractivity contribution is 5.95. The van der Waals surface area contributed by atoms with Crippen LogP contribution in [0.3, 0.4) is 0 Å². The minimum Gasteiger partial charge on any atom is -0.493 e. The van der Waals surface area contributed by atoms with Gasteiger partial charge in [0.1, 0.15) is 0 Å². The van der Waals surface area contributed by atoms with Crippen LogP contribution in [-0.4, -0.2) is 32.7 Å². The number of hydrogen-bond donors (Lipinski definition) is 2. The van der Waals surface area contributed by atoms with E-state index in [2.05, 4.69) is 5.32 Å². The van der Waals surface area contributed by atoms with Crippen LogP contribution in [0, 0.1) is 0 Å². The number of ether oxygens (including phenoxy) is 2. The molecule has 5 nitrogen and oxygen atoms in total. The zero-order chi connectivity index (χ0) is 14.3. The molecular formula is C14H22N2O3. The van der Waals surface area contributed by atoms with E-state index in [9.17, 15) is 4.79 Å². The van der Waals surface area contributed by atoms with E-state index < -0.39 is 0 Å². The average molecular weight is 266 g/mol. The lowest BCUT2D eigenvalue weighted by molar-refractivity contribution is 0.0934. The Morgan fingerprint density at radius 2 is 2.00 bits per heavy atom. The van der Waals surface area contributed by atoms with Crippen LogP contribution in [0.15, 0.2) is 18.2 Å². The van der Waals surface area contributed by atoms with Crippen molar-refractivity contribution in [3.05, 3.63) is 23.8 Å². The van der Waals surface area contributed by atoms with Gasteiger partial charge in [-0.3, -0.25) is 4.79 Å². The highest BCUT2D eigenvalue weighted by Crippen LogP contribution is 2.27. The summed E-state index contributed by atoms with van der Waals surface area (Å²) in [5.74, 6) is 1.02. The van der Waals surface area contributed by atoms with Gasteiger partial charge in [-0.05, 0) is 37.6 Å². The van der Waals surface area contributed by atoms with Crippen LogP contribution >= 0.6 is 0 Å². The fourth-order valence-electron chi connectivity index (χ4n) is 1.83. The first-order valence-electron chi connectivity index (χ1n) is 6.39. The third kappa shape index (κ3) is 4.13. The number of amides is 1. The molecular weight excluding hydrogens is 244 g/mol. The molecule has 1 atom stereocenters. The van der Waals surface area contributed by atoms with Crippen LogP contribution in [0.2, 0.25) is 0 Å². The third-order valence-corrected chi connectivity index (χ3v) is 2.99. The molecule has 106 valence electrons. The van der Waals surface area contributed by atoms with Gasteiger partial charge in [-0.1, -0.05) is 6.92 Å². The molecule has 3 N–H and O–H groups in total. The van der Waals surface area contributed by atoms with E-state index in [1.165, 1.54) is 0 Å². The van der Waals surface area contributed by atoms with Gasteiger partial charge in [-0.2, -0.15) is 0 Å². The van der Waals surface area contributed by atoms with Gasteiger partial charge in [0.05, 0.1) is 14.2 Å². The first-order chi connectivity index (χ1) is 9.15. The second-order valence-corrected chi connectivity index (χ2v) is 4.23. The van der Waals surface area contributed by atoms with Gasteiger partial charge in [0.2, 0.25) is 0 Å². The van der Waals surface area contributed by atoms with Gasteiger partial charge in [0.25, 0.3) is 5.91 Å². The quantitative estimate of drug-likeness (QED) is 0.785. The van der Waals surface area contributed by atoms with Crippen LogP contribution in [0.4, 0.5) is 0 Å². The second-order valence-electron chi connectivity index (χ2n) is 4.23. The smallest absolute Gasteiger partial charge is 0.251 e. The molecule has 0 saturated carbocycles. The third-order valence-electron chi connectivity index (χ3n) is 2.99. The molecule has 0 fully saturated rings. The molecule has 5 heteroatoms. The van der Waals surface area contributed by atoms with Gasteiger partial charge in [0, 0.05) is 11.6 Å². The van der Waals surface area contributed by atoms with Crippen LogP contribution in [0.25, 0.3) is 0 Å². The van der Waals surface area contributed by atoms with Gasteiger partial charge in [-0.15, -0.1) is 0 Å². The van der Waals surface area contributed by atoms with E-state index in [0.29, 0.717) is 23.6 Å². The molecule has 1 unspecified atom stereocenters. The first kappa shape index (κ1) is 15.3. The molecule has 0 bridgehead atoms. The molecule has 1 amide bonds. The average Bonchev–Trinajstić information content (AvgIpc) is 2.45. The zero-order valence-electron chi connectivity index (χ0n) is 11.7. The summed E-state index contributed by atoms with van der Waals surface area (Å²) < 4.78 is 10.3. The van der Waals surface area contributed by atoms with Crippen molar-refractivity contribution in [2.75, 3.05) is 20.8 Å². The SMILES string of the molecule is CCC(CCN)NC(=O)c1ccc(OC)c(OC)c1. The number of carbonyl (C=O) groups excluding carboxylic acids is 1. The lowest BCUT2D eigenvalue weighted by Crippen LogP contribution is -2.35. The van der Waals surface area contributed by atoms with Crippen molar-refractivity contribution in [2.45, 2.75) is 25.8 Å². The Morgan fingerprint density at radius 1 is 1.32 bits per heavy atom. The van der Waals surface area contributed by atoms with Crippen molar-refractivity contribution in [3.63, 3.8) is 0 Å². The van der Waals surface area contributed by atoms with Crippen molar-refractivity contribution >= 4 is 5.91 Å². The number of methoxy groups -OCH3 is 2. The van der Waals surface area contributed by atoms with Crippen molar-refractivity contribution in [3.8, 4) is 11.5 Å². The number of carbonyl (C=O) groups is 1. The van der Waals surface area contributed by atoms with Gasteiger partial charge in [0.15, 0.2) is 11.5 Å². The lowest BCUT2D eigenvalue weighted by Gasteiger charge is -2.16. The van der Waals surface area contributed by atoms with Crippen molar-refractivity contribution in [2.24, 2.45) is 5.73 Å². The van der Waals surface area contributed by atoms with Crippen molar-refractivity contribution in [1.29, 1.82) is 0 Å². The molecule has 0 aliphatic carbocycles. The van der Waals surface area contributed by atoms with Gasteiger partial charge < -0.3 is 20.5 Å². The summed E-state index contributed by atoms with van der Waals surface area (Å²) in [6.07, 6.45) is 1.63. The second kappa shape index (κ2) is 7.63. The van der Waals surface area contributed by atoms with Crippen molar-refractivity contribution in [1.82, 2.24) is 5.32 Å². The number of nitrogens with two attached hydrogens (primary N) is 1. The Kier molecular flexibility index (Phi) is 6.15. The lowest BCUT2D eigenvalue weighted by atomic mass is 10.1. The van der Waals surface area contributed by atoms with E-state index in [-0.39, 0.29) is 11.9 Å². The zero-order valence-corrected chi connectivity index (χ0v) is 11.7. The molecule has 1 aromatic carbocycles. The maximum Gasteiger partial charge on any atom is 0.251 e. The minimum atomic E-state index is -0.124. The maximum atomic E-state index is 12.1. The molecule has 0 heterocycles. The van der Waals surface area contributed by atoms with Crippen LogP contribution in [0.5, 0.6) is 11.5 Å². The Balaban J connectivity index is 2.82. The topological polar surface area (TPSA) is 73.6 Å². The standard InChI is InChI=1S/C14H22N2O3/c1-4-11(7-8-15)16-14(17)10-5-6-12(18-2)13(9-10)19-3/h5-6,9,11H,4,7-8,15H2,1-3H3,(H,16,17). The van der Waals surface area contributed by atoms with Crippen LogP contribution < -0.4 is 20.5 Å². The molecule has 0 radical (unpaired) electrons. The van der Waals surface area contributed by atoms with Gasteiger partial charge >= 0.3 is 0 Å². The summed E-state index contributed by atoms with van der Waals surface area (Å²) in [5.41, 5.74) is 6.06. The van der Waals surface area contributed by atoms with Crippen molar-refractivity contribution < 1.29 is 14.3 Å². The monoisotopic (exact) mass is 266 g/mol. The summed E-state index contributed by atoms with van der Waals surface area (Å²) in [6.45, 7) is 2.58. The largest absolute Gasteiger partial charge is 0.493 e. The van der Waals surface area contributed by atoms with E-state index >= 15 is 0 Å². The normalized spacial score (nSPS) is 11.8. The first-order valence-corrected chi connectivity index (χ1v) is 6.39. The summed E-state index contributed by atoms with van der Waals surface area (Å²) >= 11 is 0. The predicted octanol–water partition coefficient (Wildman–Crippen LogP) is 1.56. The molecule has 19 heavy (non-hydrogen) atoms.